The molecule has 0 amide bonds. The van der Waals surface area contributed by atoms with Gasteiger partial charge in [0.15, 0.2) is 0 Å². The quantitative estimate of drug-likeness (QED) is 0.0133. The minimum Gasteiger partial charge on any atom is -0.379 e. The monoisotopic (exact) mass is 1310 g/mol. The van der Waals surface area contributed by atoms with Gasteiger partial charge in [0.2, 0.25) is 0 Å². The number of hydrogen-bond acceptors (Lipinski definition) is 21. The van der Waals surface area contributed by atoms with Crippen LogP contribution in [-0.4, -0.2) is 228 Å². The Morgan fingerprint density at radius 1 is 0.400 bits per heavy atom. The molecule has 2 aromatic heterocycles. The first-order valence-corrected chi connectivity index (χ1v) is 32.1. The molecule has 0 fully saturated rings. The van der Waals surface area contributed by atoms with Crippen LogP contribution in [0.3, 0.4) is 0 Å². The fraction of sp³-hybridized carbons (Fsp3) is 0.514. The minimum atomic E-state index is 0.317. The van der Waals surface area contributed by atoms with Gasteiger partial charge in [0.1, 0.15) is 0 Å². The maximum atomic E-state index is 8.20. The van der Waals surface area contributed by atoms with Gasteiger partial charge in [-0.25, -0.2) is 9.36 Å². The molecule has 25 heteroatoms. The van der Waals surface area contributed by atoms with Gasteiger partial charge < -0.3 is 75.8 Å². The van der Waals surface area contributed by atoms with Crippen molar-refractivity contribution < 1.29 is 75.8 Å². The highest BCUT2D eigenvalue weighted by Gasteiger charge is 2.09. The van der Waals surface area contributed by atoms with E-state index in [0.29, 0.717) is 237 Å². The van der Waals surface area contributed by atoms with Gasteiger partial charge >= 0.3 is 0 Å². The molecule has 0 atom stereocenters. The van der Waals surface area contributed by atoms with Gasteiger partial charge in [0, 0.05) is 63.7 Å². The lowest BCUT2D eigenvalue weighted by Gasteiger charge is -2.09. The van der Waals surface area contributed by atoms with E-state index in [-0.39, 0.29) is 0 Å². The first-order valence-electron chi connectivity index (χ1n) is 32.1. The van der Waals surface area contributed by atoms with Crippen molar-refractivity contribution >= 4 is 0 Å². The standard InChI is InChI=1S/C70H89N9O16/c71-75-72-19-22-80-25-26-83-27-28-84-29-30-85-31-32-86-33-34-87-35-36-88-37-38-89-39-40-90-41-42-91-43-44-92-47-50-95-59-65-14-5-62(6-15-65)9-18-68-52-66-16-7-60-1-10-63(11-2-60)57-93-48-45-81-23-20-78-55-69(73-76-78)54-70-56-79(77-74-70)21-24-82-46-49-94-58-64-12-3-61(4-13-64)8-17-67(51-66)53-68/h1-6,10-15,51-53,55-56H,19-50,54,57-59H2. The molecule has 0 spiro atoms. The number of ether oxygens (including phenoxy) is 16. The van der Waals surface area contributed by atoms with Crippen LogP contribution in [0.1, 0.15) is 61.5 Å². The average Bonchev–Trinajstić information content (AvgIpc) is 2.29. The maximum absolute atomic E-state index is 8.20. The van der Waals surface area contributed by atoms with Gasteiger partial charge in [-0.05, 0) is 76.8 Å². The smallest absolute Gasteiger partial charge is 0.0887 e. The zero-order chi connectivity index (χ0) is 65.8. The van der Waals surface area contributed by atoms with E-state index in [4.69, 9.17) is 81.3 Å². The first kappa shape index (κ1) is 74.9. The van der Waals surface area contributed by atoms with E-state index in [2.05, 4.69) is 66.2 Å². The summed E-state index contributed by atoms with van der Waals surface area (Å²) in [6, 6.07) is 30.1. The second-order valence-corrected chi connectivity index (χ2v) is 20.8. The summed E-state index contributed by atoms with van der Waals surface area (Å²) in [6.07, 6.45) is 4.33. The van der Waals surface area contributed by atoms with Crippen molar-refractivity contribution in [2.24, 2.45) is 5.11 Å². The summed E-state index contributed by atoms with van der Waals surface area (Å²) >= 11 is 0. The third kappa shape index (κ3) is 35.7. The number of nitrogens with zero attached hydrogens (tertiary/aromatic N) is 9. The summed E-state index contributed by atoms with van der Waals surface area (Å²) in [5, 5.41) is 20.4. The predicted octanol–water partition coefficient (Wildman–Crippen LogP) is 6.45. The van der Waals surface area contributed by atoms with Crippen molar-refractivity contribution in [3.63, 3.8) is 0 Å². The zero-order valence-electron chi connectivity index (χ0n) is 54.3. The van der Waals surface area contributed by atoms with Crippen molar-refractivity contribution in [3.8, 4) is 35.5 Å². The Morgan fingerprint density at radius 2 is 0.758 bits per heavy atom. The van der Waals surface area contributed by atoms with E-state index >= 15 is 0 Å². The summed E-state index contributed by atoms with van der Waals surface area (Å²) in [5.41, 5.74) is 17.9. The molecular formula is C70H89N9O16. The fourth-order valence-electron chi connectivity index (χ4n) is 8.47. The molecule has 9 rings (SSSR count). The second kappa shape index (κ2) is 50.0. The molecule has 3 aliphatic rings. The van der Waals surface area contributed by atoms with Crippen LogP contribution in [0.4, 0.5) is 0 Å². The molecule has 3 aliphatic heterocycles. The van der Waals surface area contributed by atoms with E-state index < -0.39 is 0 Å². The molecule has 95 heavy (non-hydrogen) atoms. The van der Waals surface area contributed by atoms with Crippen LogP contribution in [0.5, 0.6) is 0 Å². The van der Waals surface area contributed by atoms with Gasteiger partial charge in [0.05, 0.1) is 236 Å². The highest BCUT2D eigenvalue weighted by molar-refractivity contribution is 5.55. The van der Waals surface area contributed by atoms with Crippen LogP contribution >= 0.6 is 0 Å². The van der Waals surface area contributed by atoms with Gasteiger partial charge in [0.25, 0.3) is 0 Å². The molecule has 510 valence electrons. The molecule has 0 unspecified atom stereocenters. The maximum Gasteiger partial charge on any atom is 0.0887 e. The van der Waals surface area contributed by atoms with Crippen LogP contribution in [-0.2, 0) is 115 Å². The van der Waals surface area contributed by atoms with Gasteiger partial charge in [-0.3, -0.25) is 0 Å². The lowest BCUT2D eigenvalue weighted by atomic mass is 10.0. The summed E-state index contributed by atoms with van der Waals surface area (Å²) in [5.74, 6) is 20.0. The minimum absolute atomic E-state index is 0.317. The van der Waals surface area contributed by atoms with Crippen molar-refractivity contribution in [1.29, 1.82) is 0 Å². The van der Waals surface area contributed by atoms with Crippen LogP contribution < -0.4 is 0 Å². The van der Waals surface area contributed by atoms with E-state index in [0.717, 1.165) is 61.5 Å². The molecule has 0 aliphatic carbocycles. The molecule has 25 nitrogen and oxygen atoms in total. The second-order valence-electron chi connectivity index (χ2n) is 20.8. The lowest BCUT2D eigenvalue weighted by molar-refractivity contribution is -0.0284. The molecule has 0 radical (unpaired) electrons. The molecule has 6 aromatic rings. The van der Waals surface area contributed by atoms with E-state index in [1.807, 2.05) is 103 Å². The largest absolute Gasteiger partial charge is 0.379 e. The van der Waals surface area contributed by atoms with Gasteiger partial charge in [-0.1, -0.05) is 87.5 Å². The molecule has 0 saturated carbocycles. The summed E-state index contributed by atoms with van der Waals surface area (Å²) in [7, 11) is 0. The van der Waals surface area contributed by atoms with Crippen molar-refractivity contribution in [2.45, 2.75) is 39.3 Å². The van der Waals surface area contributed by atoms with Crippen molar-refractivity contribution in [1.82, 2.24) is 30.0 Å². The normalized spacial score (nSPS) is 13.3. The van der Waals surface area contributed by atoms with Crippen LogP contribution in [0.2, 0.25) is 0 Å². The van der Waals surface area contributed by atoms with Crippen LogP contribution in [0.15, 0.2) is 109 Å². The Bertz CT molecular complexity index is 3110. The van der Waals surface area contributed by atoms with Crippen molar-refractivity contribution in [2.75, 3.05) is 198 Å². The zero-order valence-corrected chi connectivity index (χ0v) is 54.3. The topological polar surface area (TPSA) is 258 Å². The number of hydrogen-bond donors (Lipinski definition) is 0. The van der Waals surface area contributed by atoms with E-state index in [9.17, 15) is 0 Å². The highest BCUT2D eigenvalue weighted by atomic mass is 16.6. The molecule has 0 N–H and O–H groups in total. The third-order valence-electron chi connectivity index (χ3n) is 13.4. The summed E-state index contributed by atoms with van der Waals surface area (Å²) < 4.78 is 93.5. The number of rotatable bonds is 38. The first-order chi connectivity index (χ1) is 47.1. The number of azide groups is 1. The predicted molar refractivity (Wildman–Crippen MR) is 350 cm³/mol. The Labute approximate surface area is 557 Å². The molecule has 0 saturated heterocycles. The summed E-state index contributed by atoms with van der Waals surface area (Å²) in [6.45, 7) is 16.4. The fourth-order valence-corrected chi connectivity index (χ4v) is 8.47. The van der Waals surface area contributed by atoms with E-state index in [1.54, 1.807) is 9.36 Å². The lowest BCUT2D eigenvalue weighted by Crippen LogP contribution is -2.15. The van der Waals surface area contributed by atoms with Crippen molar-refractivity contribution in [3.05, 3.63) is 175 Å². The van der Waals surface area contributed by atoms with Gasteiger partial charge in [-0.15, -0.1) is 10.2 Å². The molecule has 4 aromatic carbocycles. The van der Waals surface area contributed by atoms with Gasteiger partial charge in [-0.2, -0.15) is 0 Å². The van der Waals surface area contributed by atoms with E-state index in [1.165, 1.54) is 0 Å². The SMILES string of the molecule is [N-]=[N+]=NCCOCCOCCOCCOCCOCCOCCOCCOCCOCCOCCOCCOCc1ccc(C#Cc2cc3cc(c2)C#Cc2ccc(cc2)COCCOCCn2cc(nn2)Cc2cn(nn2)CCOCCOCc2ccc(cc2)C#C3)cc1. The Hall–Kier alpha value is -7.49. The van der Waals surface area contributed by atoms with Crippen LogP contribution in [0, 0.1) is 35.5 Å². The van der Waals surface area contributed by atoms with Crippen LogP contribution in [0.25, 0.3) is 10.4 Å². The summed E-state index contributed by atoms with van der Waals surface area (Å²) in [4.78, 5) is 2.66. The average molecular weight is 1310 g/mol. The molecule has 5 heterocycles. The Kier molecular flexibility index (Phi) is 39.4. The number of fused-ring (bicyclic) bond motifs is 2. The number of benzene rings is 4. The molecular weight excluding hydrogens is 1220 g/mol. The highest BCUT2D eigenvalue weighted by Crippen LogP contribution is 2.13. The Balaban J connectivity index is 0.711. The molecule has 10 bridgehead atoms. The number of aromatic nitrogens is 6. The third-order valence-corrected chi connectivity index (χ3v) is 13.4. The Morgan fingerprint density at radius 3 is 1.16 bits per heavy atom.